The summed E-state index contributed by atoms with van der Waals surface area (Å²) in [6.07, 6.45) is 3.88. The Morgan fingerprint density at radius 1 is 1.10 bits per heavy atom. The van der Waals surface area contributed by atoms with Gasteiger partial charge >= 0.3 is 5.97 Å². The van der Waals surface area contributed by atoms with Crippen LogP contribution in [0.5, 0.6) is 0 Å². The monoisotopic (exact) mass is 287 g/mol. The van der Waals surface area contributed by atoms with Gasteiger partial charge in [0, 0.05) is 5.69 Å². The maximum atomic E-state index is 12.6. The number of carboxylic acid groups (broad SMARTS) is 1. The molecule has 0 aromatic heterocycles. The van der Waals surface area contributed by atoms with Gasteiger partial charge in [0.1, 0.15) is 0 Å². The van der Waals surface area contributed by atoms with E-state index < -0.39 is 11.9 Å². The second-order valence-electron chi connectivity index (χ2n) is 6.42. The van der Waals surface area contributed by atoms with Crippen molar-refractivity contribution in [2.45, 2.75) is 32.6 Å². The average Bonchev–Trinajstić information content (AvgIpc) is 2.47. The maximum absolute atomic E-state index is 12.6. The van der Waals surface area contributed by atoms with Gasteiger partial charge in [-0.3, -0.25) is 9.59 Å². The topological polar surface area (TPSA) is 66.4 Å². The molecule has 1 amide bonds. The van der Waals surface area contributed by atoms with Crippen molar-refractivity contribution in [3.8, 4) is 0 Å². The van der Waals surface area contributed by atoms with Crippen LogP contribution in [0.25, 0.3) is 0 Å². The van der Waals surface area contributed by atoms with Crippen LogP contribution in [0.4, 0.5) is 5.69 Å². The lowest BCUT2D eigenvalue weighted by atomic mass is 9.58. The van der Waals surface area contributed by atoms with E-state index in [2.05, 4.69) is 5.32 Å². The van der Waals surface area contributed by atoms with Crippen LogP contribution < -0.4 is 5.32 Å². The third-order valence-corrected chi connectivity index (χ3v) is 5.09. The van der Waals surface area contributed by atoms with Crippen molar-refractivity contribution in [1.29, 1.82) is 0 Å². The zero-order valence-electron chi connectivity index (χ0n) is 12.2. The second kappa shape index (κ2) is 5.51. The van der Waals surface area contributed by atoms with Crippen LogP contribution in [0, 0.1) is 30.6 Å². The summed E-state index contributed by atoms with van der Waals surface area (Å²) in [5, 5.41) is 12.4. The number of carboxylic acids is 1. The van der Waals surface area contributed by atoms with E-state index in [-0.39, 0.29) is 23.7 Å². The van der Waals surface area contributed by atoms with Crippen molar-refractivity contribution in [1.82, 2.24) is 0 Å². The Balaban J connectivity index is 1.80. The summed E-state index contributed by atoms with van der Waals surface area (Å²) < 4.78 is 0. The molecule has 0 unspecified atom stereocenters. The van der Waals surface area contributed by atoms with Gasteiger partial charge in [0.25, 0.3) is 0 Å². The van der Waals surface area contributed by atoms with Crippen LogP contribution in [0.1, 0.15) is 31.2 Å². The van der Waals surface area contributed by atoms with Gasteiger partial charge in [-0.25, -0.2) is 0 Å². The molecule has 0 heterocycles. The number of hydrogen-bond acceptors (Lipinski definition) is 2. The van der Waals surface area contributed by atoms with Crippen LogP contribution in [-0.2, 0) is 9.59 Å². The number of carbonyl (C=O) groups is 2. The second-order valence-corrected chi connectivity index (χ2v) is 6.42. The van der Waals surface area contributed by atoms with Crippen LogP contribution in [0.15, 0.2) is 24.3 Å². The number of amides is 1. The normalized spacial score (nSPS) is 30.9. The highest BCUT2D eigenvalue weighted by Crippen LogP contribution is 2.49. The van der Waals surface area contributed by atoms with Crippen LogP contribution >= 0.6 is 0 Å². The smallest absolute Gasteiger partial charge is 0.307 e. The Labute approximate surface area is 124 Å². The number of nitrogens with one attached hydrogen (secondary N) is 1. The zero-order chi connectivity index (χ0) is 15.0. The third kappa shape index (κ3) is 2.67. The Morgan fingerprint density at radius 3 is 2.29 bits per heavy atom. The van der Waals surface area contributed by atoms with Gasteiger partial charge in [-0.05, 0) is 62.1 Å². The first-order valence-corrected chi connectivity index (χ1v) is 7.66. The first kappa shape index (κ1) is 14.1. The molecule has 2 atom stereocenters. The zero-order valence-corrected chi connectivity index (χ0v) is 12.2. The number of aliphatic carboxylic acids is 1. The first-order valence-electron chi connectivity index (χ1n) is 7.66. The number of fused-ring (bicyclic) bond motifs is 3. The molecule has 1 aromatic carbocycles. The van der Waals surface area contributed by atoms with E-state index >= 15 is 0 Å². The molecule has 2 N–H and O–H groups in total. The molecule has 0 spiro atoms. The molecule has 3 saturated carbocycles. The highest BCUT2D eigenvalue weighted by atomic mass is 16.4. The molecule has 4 rings (SSSR count). The molecule has 1 aromatic rings. The van der Waals surface area contributed by atoms with Crippen molar-refractivity contribution in [2.24, 2.45) is 23.7 Å². The Morgan fingerprint density at radius 2 is 1.71 bits per heavy atom. The summed E-state index contributed by atoms with van der Waals surface area (Å²) in [6.45, 7) is 1.97. The molecular weight excluding hydrogens is 266 g/mol. The van der Waals surface area contributed by atoms with Crippen molar-refractivity contribution >= 4 is 17.6 Å². The SMILES string of the molecule is Cc1cccc(NC(=O)[C@@H]2C3CCC(CC3)[C@H]2C(=O)O)c1. The molecule has 0 saturated heterocycles. The van der Waals surface area contributed by atoms with Crippen LogP contribution in [0.2, 0.25) is 0 Å². The molecule has 4 heteroatoms. The van der Waals surface area contributed by atoms with E-state index in [1.54, 1.807) is 0 Å². The molecule has 0 radical (unpaired) electrons. The number of carbonyl (C=O) groups excluding carboxylic acids is 1. The van der Waals surface area contributed by atoms with Crippen molar-refractivity contribution in [2.75, 3.05) is 5.32 Å². The summed E-state index contributed by atoms with van der Waals surface area (Å²) >= 11 is 0. The predicted molar refractivity (Wildman–Crippen MR) is 79.9 cm³/mol. The van der Waals surface area contributed by atoms with Crippen molar-refractivity contribution in [3.63, 3.8) is 0 Å². The van der Waals surface area contributed by atoms with Gasteiger partial charge in [-0.2, -0.15) is 0 Å². The van der Waals surface area contributed by atoms with Gasteiger partial charge in [0.15, 0.2) is 0 Å². The van der Waals surface area contributed by atoms with Gasteiger partial charge in [0.05, 0.1) is 11.8 Å². The predicted octanol–water partition coefficient (Wildman–Crippen LogP) is 3.07. The lowest BCUT2D eigenvalue weighted by molar-refractivity contribution is -0.156. The highest BCUT2D eigenvalue weighted by Gasteiger charge is 2.50. The highest BCUT2D eigenvalue weighted by molar-refractivity contribution is 5.95. The van der Waals surface area contributed by atoms with Gasteiger partial charge in [-0.15, -0.1) is 0 Å². The van der Waals surface area contributed by atoms with Crippen molar-refractivity contribution in [3.05, 3.63) is 29.8 Å². The Bertz CT molecular complexity index is 561. The summed E-state index contributed by atoms with van der Waals surface area (Å²) in [4.78, 5) is 24.2. The fourth-order valence-electron chi connectivity index (χ4n) is 4.13. The molecular formula is C17H21NO3. The molecule has 3 aliphatic carbocycles. The van der Waals surface area contributed by atoms with E-state index in [1.807, 2.05) is 31.2 Å². The summed E-state index contributed by atoms with van der Waals surface area (Å²) in [6, 6.07) is 7.63. The lowest BCUT2D eigenvalue weighted by Gasteiger charge is -2.45. The Hall–Kier alpha value is -1.84. The molecule has 3 aliphatic rings. The minimum Gasteiger partial charge on any atom is -0.481 e. The standard InChI is InChI=1S/C17H21NO3/c1-10-3-2-4-13(9-10)18-16(19)14-11-5-7-12(8-6-11)15(14)17(20)21/h2-4,9,11-12,14-15H,5-8H2,1H3,(H,18,19)(H,20,21)/t11?,12?,14-,15-/m1/s1. The average molecular weight is 287 g/mol. The van der Waals surface area contributed by atoms with E-state index in [1.165, 1.54) is 0 Å². The maximum Gasteiger partial charge on any atom is 0.307 e. The Kier molecular flexibility index (Phi) is 3.70. The van der Waals surface area contributed by atoms with Crippen LogP contribution in [-0.4, -0.2) is 17.0 Å². The first-order chi connectivity index (χ1) is 10.1. The van der Waals surface area contributed by atoms with E-state index in [4.69, 9.17) is 0 Å². The van der Waals surface area contributed by atoms with E-state index in [9.17, 15) is 14.7 Å². The third-order valence-electron chi connectivity index (χ3n) is 5.09. The minimum absolute atomic E-state index is 0.123. The van der Waals surface area contributed by atoms with Gasteiger partial charge in [-0.1, -0.05) is 12.1 Å². The van der Waals surface area contributed by atoms with Gasteiger partial charge < -0.3 is 10.4 Å². The molecule has 3 fully saturated rings. The lowest BCUT2D eigenvalue weighted by Crippen LogP contribution is -2.49. The number of aryl methyl sites for hydroxylation is 1. The number of hydrogen-bond donors (Lipinski definition) is 2. The molecule has 21 heavy (non-hydrogen) atoms. The fraction of sp³-hybridized carbons (Fsp3) is 0.529. The molecule has 4 nitrogen and oxygen atoms in total. The quantitative estimate of drug-likeness (QED) is 0.898. The number of rotatable bonds is 3. The summed E-state index contributed by atoms with van der Waals surface area (Å²) in [5.74, 6) is -1.43. The summed E-state index contributed by atoms with van der Waals surface area (Å²) in [5.41, 5.74) is 1.83. The number of benzene rings is 1. The fourth-order valence-corrected chi connectivity index (χ4v) is 4.13. The van der Waals surface area contributed by atoms with Crippen molar-refractivity contribution < 1.29 is 14.7 Å². The van der Waals surface area contributed by atoms with Gasteiger partial charge in [0.2, 0.25) is 5.91 Å². The molecule has 0 aliphatic heterocycles. The van der Waals surface area contributed by atoms with E-state index in [0.29, 0.717) is 0 Å². The number of anilines is 1. The van der Waals surface area contributed by atoms with Crippen LogP contribution in [0.3, 0.4) is 0 Å². The summed E-state index contributed by atoms with van der Waals surface area (Å²) in [7, 11) is 0. The van der Waals surface area contributed by atoms with E-state index in [0.717, 1.165) is 36.9 Å². The molecule has 112 valence electrons. The molecule has 2 bridgehead atoms. The largest absolute Gasteiger partial charge is 0.481 e. The minimum atomic E-state index is -0.811.